The van der Waals surface area contributed by atoms with Crippen molar-refractivity contribution in [2.45, 2.75) is 0 Å². The summed E-state index contributed by atoms with van der Waals surface area (Å²) >= 11 is 0. The van der Waals surface area contributed by atoms with Crippen LogP contribution in [0.4, 0.5) is 5.82 Å². The number of hydrogen-bond acceptors (Lipinski definition) is 5. The van der Waals surface area contributed by atoms with Gasteiger partial charge in [-0.25, -0.2) is 0 Å². The van der Waals surface area contributed by atoms with E-state index in [1.54, 1.807) is 39.3 Å². The summed E-state index contributed by atoms with van der Waals surface area (Å²) in [5.74, 6) is 2.27. The minimum absolute atomic E-state index is 0.533. The molecule has 2 N–H and O–H groups in total. The van der Waals surface area contributed by atoms with E-state index in [4.69, 9.17) is 19.9 Å². The van der Waals surface area contributed by atoms with Crippen molar-refractivity contribution >= 4 is 5.82 Å². The van der Waals surface area contributed by atoms with Gasteiger partial charge >= 0.3 is 0 Å². The van der Waals surface area contributed by atoms with Gasteiger partial charge in [0.15, 0.2) is 11.5 Å². The SMILES string of the molecule is COc1ccc(-c2cnn(C)c2N)c(OC)c1OC. The summed E-state index contributed by atoms with van der Waals surface area (Å²) < 4.78 is 17.6. The number of ether oxygens (including phenoxy) is 3. The van der Waals surface area contributed by atoms with E-state index in [-0.39, 0.29) is 0 Å². The van der Waals surface area contributed by atoms with Gasteiger partial charge in [-0.2, -0.15) is 5.10 Å². The normalized spacial score (nSPS) is 10.3. The molecule has 0 unspecified atom stereocenters. The molecular formula is C13H17N3O3. The highest BCUT2D eigenvalue weighted by Crippen LogP contribution is 2.45. The first-order valence-electron chi connectivity index (χ1n) is 5.70. The Labute approximate surface area is 111 Å². The van der Waals surface area contributed by atoms with Crippen LogP contribution >= 0.6 is 0 Å². The fourth-order valence-electron chi connectivity index (χ4n) is 1.97. The zero-order chi connectivity index (χ0) is 14.0. The highest BCUT2D eigenvalue weighted by atomic mass is 16.5. The minimum Gasteiger partial charge on any atom is -0.493 e. The van der Waals surface area contributed by atoms with Gasteiger partial charge in [0, 0.05) is 18.2 Å². The summed E-state index contributed by atoms with van der Waals surface area (Å²) in [5.41, 5.74) is 7.60. The zero-order valence-corrected chi connectivity index (χ0v) is 11.4. The number of aromatic nitrogens is 2. The summed E-state index contributed by atoms with van der Waals surface area (Å²) in [6.45, 7) is 0. The van der Waals surface area contributed by atoms with Crippen LogP contribution < -0.4 is 19.9 Å². The number of hydrogen-bond donors (Lipinski definition) is 1. The molecule has 6 nitrogen and oxygen atoms in total. The largest absolute Gasteiger partial charge is 0.493 e. The molecule has 0 radical (unpaired) electrons. The summed E-state index contributed by atoms with van der Waals surface area (Å²) in [6, 6.07) is 3.68. The molecular weight excluding hydrogens is 246 g/mol. The van der Waals surface area contributed by atoms with Gasteiger partial charge < -0.3 is 19.9 Å². The molecule has 0 saturated heterocycles. The van der Waals surface area contributed by atoms with Crippen LogP contribution in [0.25, 0.3) is 11.1 Å². The molecule has 0 aliphatic carbocycles. The van der Waals surface area contributed by atoms with Crippen LogP contribution in [0.1, 0.15) is 0 Å². The molecule has 2 rings (SSSR count). The van der Waals surface area contributed by atoms with E-state index in [2.05, 4.69) is 5.10 Å². The molecule has 102 valence electrons. The molecule has 1 heterocycles. The Balaban J connectivity index is 2.67. The van der Waals surface area contributed by atoms with Crippen LogP contribution in [0.15, 0.2) is 18.3 Å². The second-order valence-electron chi connectivity index (χ2n) is 3.95. The van der Waals surface area contributed by atoms with Gasteiger partial charge in [0.05, 0.1) is 27.5 Å². The van der Waals surface area contributed by atoms with Crippen molar-refractivity contribution in [1.29, 1.82) is 0 Å². The van der Waals surface area contributed by atoms with Crippen LogP contribution in [0.2, 0.25) is 0 Å². The van der Waals surface area contributed by atoms with Crippen molar-refractivity contribution in [1.82, 2.24) is 9.78 Å². The number of anilines is 1. The average Bonchev–Trinajstić information content (AvgIpc) is 2.77. The Morgan fingerprint density at radius 3 is 2.16 bits per heavy atom. The van der Waals surface area contributed by atoms with Gasteiger partial charge in [-0.15, -0.1) is 0 Å². The zero-order valence-electron chi connectivity index (χ0n) is 11.4. The van der Waals surface area contributed by atoms with Gasteiger partial charge in [-0.3, -0.25) is 4.68 Å². The number of nitrogen functional groups attached to an aromatic ring is 1. The Morgan fingerprint density at radius 2 is 1.68 bits per heavy atom. The summed E-state index contributed by atoms with van der Waals surface area (Å²) in [5, 5.41) is 4.13. The van der Waals surface area contributed by atoms with E-state index in [0.717, 1.165) is 11.1 Å². The molecule has 0 bridgehead atoms. The van der Waals surface area contributed by atoms with Crippen LogP contribution in [0.3, 0.4) is 0 Å². The maximum Gasteiger partial charge on any atom is 0.203 e. The molecule has 0 amide bonds. The molecule has 19 heavy (non-hydrogen) atoms. The highest BCUT2D eigenvalue weighted by molar-refractivity contribution is 5.82. The molecule has 2 aromatic rings. The van der Waals surface area contributed by atoms with Crippen LogP contribution in [-0.4, -0.2) is 31.1 Å². The lowest BCUT2D eigenvalue weighted by molar-refractivity contribution is 0.325. The Kier molecular flexibility index (Phi) is 3.50. The van der Waals surface area contributed by atoms with Crippen molar-refractivity contribution in [2.75, 3.05) is 27.1 Å². The molecule has 0 spiro atoms. The van der Waals surface area contributed by atoms with E-state index in [0.29, 0.717) is 23.1 Å². The second kappa shape index (κ2) is 5.09. The summed E-state index contributed by atoms with van der Waals surface area (Å²) in [6.07, 6.45) is 1.69. The average molecular weight is 263 g/mol. The maximum atomic E-state index is 5.99. The van der Waals surface area contributed by atoms with E-state index in [9.17, 15) is 0 Å². The predicted molar refractivity (Wildman–Crippen MR) is 72.7 cm³/mol. The van der Waals surface area contributed by atoms with Crippen molar-refractivity contribution < 1.29 is 14.2 Å². The smallest absolute Gasteiger partial charge is 0.203 e. The van der Waals surface area contributed by atoms with Crippen LogP contribution in [-0.2, 0) is 7.05 Å². The molecule has 1 aromatic heterocycles. The van der Waals surface area contributed by atoms with Crippen molar-refractivity contribution in [3.05, 3.63) is 18.3 Å². The second-order valence-corrected chi connectivity index (χ2v) is 3.95. The van der Waals surface area contributed by atoms with Gasteiger partial charge in [0.25, 0.3) is 0 Å². The third kappa shape index (κ3) is 2.05. The predicted octanol–water partition coefficient (Wildman–Crippen LogP) is 1.70. The summed E-state index contributed by atoms with van der Waals surface area (Å²) in [4.78, 5) is 0. The van der Waals surface area contributed by atoms with Crippen LogP contribution in [0, 0.1) is 0 Å². The third-order valence-corrected chi connectivity index (χ3v) is 2.98. The third-order valence-electron chi connectivity index (χ3n) is 2.98. The Hall–Kier alpha value is -2.37. The minimum atomic E-state index is 0.533. The van der Waals surface area contributed by atoms with Gasteiger partial charge in [0.2, 0.25) is 5.75 Å². The number of rotatable bonds is 4. The van der Waals surface area contributed by atoms with Crippen molar-refractivity contribution in [3.63, 3.8) is 0 Å². The number of nitrogens with two attached hydrogens (primary N) is 1. The first-order chi connectivity index (χ1) is 9.13. The highest BCUT2D eigenvalue weighted by Gasteiger charge is 2.19. The monoisotopic (exact) mass is 263 g/mol. The Morgan fingerprint density at radius 1 is 1.00 bits per heavy atom. The molecule has 0 aliphatic heterocycles. The van der Waals surface area contributed by atoms with E-state index >= 15 is 0 Å². The van der Waals surface area contributed by atoms with Gasteiger partial charge in [-0.1, -0.05) is 0 Å². The number of methoxy groups -OCH3 is 3. The van der Waals surface area contributed by atoms with E-state index in [1.807, 2.05) is 12.1 Å². The molecule has 0 fully saturated rings. The molecule has 0 saturated carbocycles. The van der Waals surface area contributed by atoms with Crippen LogP contribution in [0.5, 0.6) is 17.2 Å². The molecule has 0 atom stereocenters. The lowest BCUT2D eigenvalue weighted by Crippen LogP contribution is -2.00. The number of benzene rings is 1. The summed E-state index contributed by atoms with van der Waals surface area (Å²) in [7, 11) is 6.51. The standard InChI is InChI=1S/C13H17N3O3/c1-16-13(14)9(7-15-16)8-5-6-10(17-2)12(19-4)11(8)18-3/h5-7H,14H2,1-4H3. The van der Waals surface area contributed by atoms with E-state index in [1.165, 1.54) is 0 Å². The molecule has 0 aliphatic rings. The van der Waals surface area contributed by atoms with E-state index < -0.39 is 0 Å². The lowest BCUT2D eigenvalue weighted by Gasteiger charge is -2.15. The van der Waals surface area contributed by atoms with Gasteiger partial charge in [-0.05, 0) is 12.1 Å². The quantitative estimate of drug-likeness (QED) is 0.909. The molecule has 6 heteroatoms. The fraction of sp³-hybridized carbons (Fsp3) is 0.308. The Bertz CT molecular complexity index is 593. The first kappa shape index (κ1) is 13.1. The number of nitrogens with zero attached hydrogens (tertiary/aromatic N) is 2. The van der Waals surface area contributed by atoms with Gasteiger partial charge in [0.1, 0.15) is 5.82 Å². The maximum absolute atomic E-state index is 5.99. The first-order valence-corrected chi connectivity index (χ1v) is 5.70. The molecule has 1 aromatic carbocycles. The number of aryl methyl sites for hydroxylation is 1. The fourth-order valence-corrected chi connectivity index (χ4v) is 1.97. The topological polar surface area (TPSA) is 71.5 Å². The van der Waals surface area contributed by atoms with Crippen molar-refractivity contribution in [2.24, 2.45) is 7.05 Å². The van der Waals surface area contributed by atoms with Crippen molar-refractivity contribution in [3.8, 4) is 28.4 Å². The lowest BCUT2D eigenvalue weighted by atomic mass is 10.1.